The number of ether oxygens (including phenoxy) is 2. The van der Waals surface area contributed by atoms with Gasteiger partial charge in [-0.3, -0.25) is 4.79 Å². The van der Waals surface area contributed by atoms with Crippen molar-refractivity contribution in [3.05, 3.63) is 66.1 Å². The maximum atomic E-state index is 12.5. The molecule has 2 aromatic carbocycles. The second-order valence-corrected chi connectivity index (χ2v) is 5.98. The van der Waals surface area contributed by atoms with Crippen LogP contribution in [0.25, 0.3) is 0 Å². The molecule has 144 valence electrons. The van der Waals surface area contributed by atoms with Gasteiger partial charge in [0.05, 0.1) is 19.9 Å². The molecule has 3 aromatic rings. The fourth-order valence-corrected chi connectivity index (χ4v) is 2.62. The molecule has 7 nitrogen and oxygen atoms in total. The quantitative estimate of drug-likeness (QED) is 0.645. The molecule has 0 saturated carbocycles. The topological polar surface area (TPSA) is 85.4 Å². The third-order valence-electron chi connectivity index (χ3n) is 4.19. The van der Waals surface area contributed by atoms with E-state index in [1.165, 1.54) is 11.9 Å². The molecule has 2 N–H and O–H groups in total. The van der Waals surface area contributed by atoms with E-state index in [0.29, 0.717) is 28.7 Å². The van der Waals surface area contributed by atoms with E-state index in [2.05, 4.69) is 27.5 Å². The Bertz CT molecular complexity index is 958. The van der Waals surface area contributed by atoms with Crippen molar-refractivity contribution in [3.63, 3.8) is 0 Å². The SMILES string of the molecule is CCc1ccc(NC(=O)c2cc(Nc3cc(OC)ccc3OC)ncn2)cc1. The lowest BCUT2D eigenvalue weighted by Gasteiger charge is -2.12. The Balaban J connectivity index is 1.77. The molecular formula is C21H22N4O3. The molecule has 1 heterocycles. The van der Waals surface area contributed by atoms with Crippen LogP contribution in [-0.4, -0.2) is 30.1 Å². The van der Waals surface area contributed by atoms with E-state index in [-0.39, 0.29) is 11.6 Å². The molecule has 7 heteroatoms. The number of rotatable bonds is 7. The van der Waals surface area contributed by atoms with E-state index >= 15 is 0 Å². The smallest absolute Gasteiger partial charge is 0.274 e. The van der Waals surface area contributed by atoms with Gasteiger partial charge in [0.2, 0.25) is 0 Å². The summed E-state index contributed by atoms with van der Waals surface area (Å²) >= 11 is 0. The van der Waals surface area contributed by atoms with Gasteiger partial charge >= 0.3 is 0 Å². The third kappa shape index (κ3) is 4.56. The van der Waals surface area contributed by atoms with Crippen LogP contribution in [0.3, 0.4) is 0 Å². The Kier molecular flexibility index (Phi) is 6.06. The van der Waals surface area contributed by atoms with Gasteiger partial charge in [0, 0.05) is 17.8 Å². The van der Waals surface area contributed by atoms with Crippen LogP contribution in [0.15, 0.2) is 54.9 Å². The molecule has 3 rings (SSSR count). The molecule has 0 aliphatic heterocycles. The number of hydrogen-bond donors (Lipinski definition) is 2. The largest absolute Gasteiger partial charge is 0.497 e. The number of hydrogen-bond acceptors (Lipinski definition) is 6. The van der Waals surface area contributed by atoms with Crippen LogP contribution < -0.4 is 20.1 Å². The van der Waals surface area contributed by atoms with Gasteiger partial charge in [-0.25, -0.2) is 9.97 Å². The van der Waals surface area contributed by atoms with Crippen molar-refractivity contribution in [1.29, 1.82) is 0 Å². The van der Waals surface area contributed by atoms with Crippen molar-refractivity contribution in [2.45, 2.75) is 13.3 Å². The van der Waals surface area contributed by atoms with Crippen molar-refractivity contribution in [3.8, 4) is 11.5 Å². The van der Waals surface area contributed by atoms with E-state index < -0.39 is 0 Å². The Morgan fingerprint density at radius 3 is 2.46 bits per heavy atom. The van der Waals surface area contributed by atoms with Crippen LogP contribution in [0.5, 0.6) is 11.5 Å². The van der Waals surface area contributed by atoms with E-state index in [4.69, 9.17) is 9.47 Å². The highest BCUT2D eigenvalue weighted by atomic mass is 16.5. The van der Waals surface area contributed by atoms with Gasteiger partial charge < -0.3 is 20.1 Å². The van der Waals surface area contributed by atoms with E-state index in [9.17, 15) is 4.79 Å². The van der Waals surface area contributed by atoms with Crippen molar-refractivity contribution in [1.82, 2.24) is 9.97 Å². The first-order valence-electron chi connectivity index (χ1n) is 8.84. The zero-order valence-corrected chi connectivity index (χ0v) is 16.0. The minimum Gasteiger partial charge on any atom is -0.497 e. The number of carbonyl (C=O) groups is 1. The van der Waals surface area contributed by atoms with Crippen LogP contribution in [0, 0.1) is 0 Å². The standard InChI is InChI=1S/C21H22N4O3/c1-4-14-5-7-15(8-6-14)24-21(26)18-12-20(23-13-22-18)25-17-11-16(27-2)9-10-19(17)28-3/h5-13H,4H2,1-3H3,(H,24,26)(H,22,23,25). The summed E-state index contributed by atoms with van der Waals surface area (Å²) in [5, 5.41) is 5.98. The summed E-state index contributed by atoms with van der Waals surface area (Å²) in [5.41, 5.74) is 2.84. The van der Waals surface area contributed by atoms with Crippen LogP contribution in [0.4, 0.5) is 17.2 Å². The highest BCUT2D eigenvalue weighted by Gasteiger charge is 2.11. The number of nitrogens with one attached hydrogen (secondary N) is 2. The first-order valence-corrected chi connectivity index (χ1v) is 8.84. The van der Waals surface area contributed by atoms with Crippen molar-refractivity contribution < 1.29 is 14.3 Å². The Morgan fingerprint density at radius 2 is 1.79 bits per heavy atom. The molecule has 0 aliphatic rings. The Hall–Kier alpha value is -3.61. The zero-order chi connectivity index (χ0) is 19.9. The molecule has 1 aromatic heterocycles. The average molecular weight is 378 g/mol. The number of nitrogens with zero attached hydrogens (tertiary/aromatic N) is 2. The van der Waals surface area contributed by atoms with Crippen LogP contribution >= 0.6 is 0 Å². The number of benzene rings is 2. The number of aromatic nitrogens is 2. The van der Waals surface area contributed by atoms with Crippen LogP contribution in [0.2, 0.25) is 0 Å². The number of amides is 1. The minimum absolute atomic E-state index is 0.249. The molecule has 0 spiro atoms. The molecular weight excluding hydrogens is 356 g/mol. The maximum absolute atomic E-state index is 12.5. The molecule has 0 atom stereocenters. The molecule has 28 heavy (non-hydrogen) atoms. The number of aryl methyl sites for hydroxylation is 1. The molecule has 0 unspecified atom stereocenters. The fourth-order valence-electron chi connectivity index (χ4n) is 2.62. The first kappa shape index (κ1) is 19.2. The minimum atomic E-state index is -0.313. The fraction of sp³-hybridized carbons (Fsp3) is 0.190. The number of methoxy groups -OCH3 is 2. The van der Waals surface area contributed by atoms with Crippen molar-refractivity contribution in [2.75, 3.05) is 24.9 Å². The van der Waals surface area contributed by atoms with Gasteiger partial charge in [0.15, 0.2) is 0 Å². The summed E-state index contributed by atoms with van der Waals surface area (Å²) in [4.78, 5) is 20.8. The van der Waals surface area contributed by atoms with E-state index in [1.54, 1.807) is 38.5 Å². The van der Waals surface area contributed by atoms with Gasteiger partial charge in [0.25, 0.3) is 5.91 Å². The highest BCUT2D eigenvalue weighted by molar-refractivity contribution is 6.03. The summed E-state index contributed by atoms with van der Waals surface area (Å²) in [6.45, 7) is 2.08. The van der Waals surface area contributed by atoms with Crippen LogP contribution in [-0.2, 0) is 6.42 Å². The monoisotopic (exact) mass is 378 g/mol. The molecule has 0 saturated heterocycles. The molecule has 0 fully saturated rings. The zero-order valence-electron chi connectivity index (χ0n) is 16.0. The maximum Gasteiger partial charge on any atom is 0.274 e. The molecule has 1 amide bonds. The average Bonchev–Trinajstić information content (AvgIpc) is 2.74. The summed E-state index contributed by atoms with van der Waals surface area (Å²) in [5.74, 6) is 1.45. The normalized spacial score (nSPS) is 10.2. The van der Waals surface area contributed by atoms with Gasteiger partial charge in [-0.05, 0) is 36.2 Å². The van der Waals surface area contributed by atoms with E-state index in [0.717, 1.165) is 6.42 Å². The summed E-state index contributed by atoms with van der Waals surface area (Å²) in [6.07, 6.45) is 2.28. The molecule has 0 radical (unpaired) electrons. The second-order valence-electron chi connectivity index (χ2n) is 5.98. The Labute approximate surface area is 163 Å². The predicted octanol–water partition coefficient (Wildman–Crippen LogP) is 4.05. The lowest BCUT2D eigenvalue weighted by molar-refractivity contribution is 0.102. The van der Waals surface area contributed by atoms with Crippen molar-refractivity contribution >= 4 is 23.1 Å². The van der Waals surface area contributed by atoms with Gasteiger partial charge in [-0.15, -0.1) is 0 Å². The second kappa shape index (κ2) is 8.85. The number of carbonyl (C=O) groups excluding carboxylic acids is 1. The van der Waals surface area contributed by atoms with Gasteiger partial charge in [-0.1, -0.05) is 19.1 Å². The molecule has 0 bridgehead atoms. The van der Waals surface area contributed by atoms with E-state index in [1.807, 2.05) is 24.3 Å². The third-order valence-corrected chi connectivity index (χ3v) is 4.19. The van der Waals surface area contributed by atoms with Gasteiger partial charge in [0.1, 0.15) is 29.3 Å². The van der Waals surface area contributed by atoms with Crippen LogP contribution in [0.1, 0.15) is 23.0 Å². The van der Waals surface area contributed by atoms with Crippen molar-refractivity contribution in [2.24, 2.45) is 0 Å². The highest BCUT2D eigenvalue weighted by Crippen LogP contribution is 2.31. The number of anilines is 3. The summed E-state index contributed by atoms with van der Waals surface area (Å²) < 4.78 is 10.6. The first-order chi connectivity index (χ1) is 13.6. The lowest BCUT2D eigenvalue weighted by atomic mass is 10.1. The Morgan fingerprint density at radius 1 is 1.00 bits per heavy atom. The summed E-state index contributed by atoms with van der Waals surface area (Å²) in [7, 11) is 3.17. The lowest BCUT2D eigenvalue weighted by Crippen LogP contribution is -2.14. The van der Waals surface area contributed by atoms with Gasteiger partial charge in [-0.2, -0.15) is 0 Å². The summed E-state index contributed by atoms with van der Waals surface area (Å²) in [6, 6.07) is 14.7. The predicted molar refractivity (Wildman–Crippen MR) is 109 cm³/mol. The molecule has 0 aliphatic carbocycles.